The standard InChI is InChI=1S/C15H18N2OS/c1-4-10(2)19-15-16-13(11(3)14(18)17-15)12-8-6-5-7-9-12/h5-10H,4H2,1-3H3,(H,16,17,18). The number of hydrogen-bond acceptors (Lipinski definition) is 3. The highest BCUT2D eigenvalue weighted by Crippen LogP contribution is 2.24. The molecule has 0 saturated heterocycles. The first-order chi connectivity index (χ1) is 9.11. The fraction of sp³-hybridized carbons (Fsp3) is 0.333. The van der Waals surface area contributed by atoms with Gasteiger partial charge in [0.2, 0.25) is 0 Å². The fourth-order valence-electron chi connectivity index (χ4n) is 1.72. The van der Waals surface area contributed by atoms with Crippen LogP contribution in [0, 0.1) is 6.92 Å². The largest absolute Gasteiger partial charge is 0.301 e. The van der Waals surface area contributed by atoms with Gasteiger partial charge < -0.3 is 4.98 Å². The van der Waals surface area contributed by atoms with Crippen LogP contribution in [0.25, 0.3) is 11.3 Å². The van der Waals surface area contributed by atoms with Crippen molar-refractivity contribution in [1.29, 1.82) is 0 Å². The zero-order valence-electron chi connectivity index (χ0n) is 11.4. The van der Waals surface area contributed by atoms with Crippen molar-refractivity contribution in [2.24, 2.45) is 0 Å². The summed E-state index contributed by atoms with van der Waals surface area (Å²) < 4.78 is 0. The first-order valence-corrected chi connectivity index (χ1v) is 7.32. The van der Waals surface area contributed by atoms with E-state index in [0.717, 1.165) is 17.7 Å². The maximum absolute atomic E-state index is 12.0. The van der Waals surface area contributed by atoms with Crippen molar-refractivity contribution in [3.63, 3.8) is 0 Å². The molecule has 0 spiro atoms. The molecule has 1 N–H and O–H groups in total. The lowest BCUT2D eigenvalue weighted by Gasteiger charge is -2.10. The number of H-pyrrole nitrogens is 1. The molecule has 2 aromatic rings. The fourth-order valence-corrected chi connectivity index (χ4v) is 2.56. The van der Waals surface area contributed by atoms with Gasteiger partial charge in [-0.3, -0.25) is 4.79 Å². The molecular weight excluding hydrogens is 256 g/mol. The van der Waals surface area contributed by atoms with E-state index >= 15 is 0 Å². The topological polar surface area (TPSA) is 45.8 Å². The van der Waals surface area contributed by atoms with Crippen LogP contribution >= 0.6 is 11.8 Å². The number of aromatic amines is 1. The Morgan fingerprint density at radius 3 is 2.63 bits per heavy atom. The van der Waals surface area contributed by atoms with E-state index in [9.17, 15) is 4.79 Å². The van der Waals surface area contributed by atoms with Gasteiger partial charge in [-0.25, -0.2) is 4.98 Å². The molecule has 19 heavy (non-hydrogen) atoms. The van der Waals surface area contributed by atoms with E-state index in [1.54, 1.807) is 11.8 Å². The molecule has 4 heteroatoms. The average Bonchev–Trinajstić information content (AvgIpc) is 2.43. The molecule has 0 radical (unpaired) electrons. The lowest BCUT2D eigenvalue weighted by atomic mass is 10.1. The van der Waals surface area contributed by atoms with Gasteiger partial charge in [-0.05, 0) is 13.3 Å². The molecule has 0 fully saturated rings. The van der Waals surface area contributed by atoms with Crippen molar-refractivity contribution in [1.82, 2.24) is 9.97 Å². The maximum Gasteiger partial charge on any atom is 0.255 e. The maximum atomic E-state index is 12.0. The van der Waals surface area contributed by atoms with Gasteiger partial charge in [0.15, 0.2) is 5.16 Å². The van der Waals surface area contributed by atoms with Gasteiger partial charge in [0.1, 0.15) is 0 Å². The molecule has 0 aliphatic rings. The van der Waals surface area contributed by atoms with E-state index in [2.05, 4.69) is 23.8 Å². The summed E-state index contributed by atoms with van der Waals surface area (Å²) in [5.74, 6) is 0. The van der Waals surface area contributed by atoms with Crippen molar-refractivity contribution in [3.8, 4) is 11.3 Å². The number of nitrogens with one attached hydrogen (secondary N) is 1. The highest BCUT2D eigenvalue weighted by molar-refractivity contribution is 7.99. The molecule has 0 aliphatic heterocycles. The van der Waals surface area contributed by atoms with Crippen LogP contribution in [-0.4, -0.2) is 15.2 Å². The predicted molar refractivity (Wildman–Crippen MR) is 80.6 cm³/mol. The highest BCUT2D eigenvalue weighted by atomic mass is 32.2. The van der Waals surface area contributed by atoms with Gasteiger partial charge in [0, 0.05) is 16.4 Å². The second-order valence-corrected chi connectivity index (χ2v) is 5.97. The molecule has 0 aliphatic carbocycles. The lowest BCUT2D eigenvalue weighted by molar-refractivity contribution is 0.874. The highest BCUT2D eigenvalue weighted by Gasteiger charge is 2.11. The molecule has 100 valence electrons. The monoisotopic (exact) mass is 274 g/mol. The molecule has 1 atom stereocenters. The van der Waals surface area contributed by atoms with Crippen LogP contribution in [0.5, 0.6) is 0 Å². The molecule has 1 aromatic heterocycles. The third-order valence-electron chi connectivity index (χ3n) is 3.06. The van der Waals surface area contributed by atoms with Crippen LogP contribution in [-0.2, 0) is 0 Å². The van der Waals surface area contributed by atoms with Gasteiger partial charge in [0.25, 0.3) is 5.56 Å². The Morgan fingerprint density at radius 1 is 1.32 bits per heavy atom. The van der Waals surface area contributed by atoms with Crippen LogP contribution in [0.4, 0.5) is 0 Å². The Kier molecular flexibility index (Phi) is 4.43. The van der Waals surface area contributed by atoms with Gasteiger partial charge >= 0.3 is 0 Å². The van der Waals surface area contributed by atoms with Crippen molar-refractivity contribution in [2.75, 3.05) is 0 Å². The Labute approximate surface area is 117 Å². The minimum Gasteiger partial charge on any atom is -0.301 e. The summed E-state index contributed by atoms with van der Waals surface area (Å²) in [5, 5.41) is 1.14. The minimum absolute atomic E-state index is 0.0559. The normalized spacial score (nSPS) is 12.4. The van der Waals surface area contributed by atoms with E-state index in [-0.39, 0.29) is 5.56 Å². The number of rotatable bonds is 4. The van der Waals surface area contributed by atoms with Crippen molar-refractivity contribution >= 4 is 11.8 Å². The summed E-state index contributed by atoms with van der Waals surface area (Å²) in [7, 11) is 0. The summed E-state index contributed by atoms with van der Waals surface area (Å²) in [5.41, 5.74) is 2.37. The minimum atomic E-state index is -0.0559. The van der Waals surface area contributed by atoms with E-state index in [1.807, 2.05) is 37.3 Å². The van der Waals surface area contributed by atoms with Crippen LogP contribution < -0.4 is 5.56 Å². The van der Waals surface area contributed by atoms with Gasteiger partial charge in [-0.15, -0.1) is 0 Å². The van der Waals surface area contributed by atoms with E-state index in [4.69, 9.17) is 0 Å². The first-order valence-electron chi connectivity index (χ1n) is 6.44. The molecular formula is C15H18N2OS. The molecule has 0 bridgehead atoms. The Morgan fingerprint density at radius 2 is 2.00 bits per heavy atom. The molecule has 3 nitrogen and oxygen atoms in total. The molecule has 2 rings (SSSR count). The zero-order valence-corrected chi connectivity index (χ0v) is 12.3. The van der Waals surface area contributed by atoms with Crippen LogP contribution in [0.3, 0.4) is 0 Å². The van der Waals surface area contributed by atoms with Crippen LogP contribution in [0.15, 0.2) is 40.3 Å². The molecule has 1 heterocycles. The van der Waals surface area contributed by atoms with Gasteiger partial charge in [0.05, 0.1) is 5.69 Å². The number of benzene rings is 1. The average molecular weight is 274 g/mol. The Balaban J connectivity index is 2.46. The van der Waals surface area contributed by atoms with E-state index < -0.39 is 0 Å². The number of thioether (sulfide) groups is 1. The Bertz CT molecular complexity index is 607. The third kappa shape index (κ3) is 3.26. The zero-order chi connectivity index (χ0) is 13.8. The second kappa shape index (κ2) is 6.06. The van der Waals surface area contributed by atoms with Gasteiger partial charge in [-0.2, -0.15) is 0 Å². The van der Waals surface area contributed by atoms with Crippen LogP contribution in [0.1, 0.15) is 25.8 Å². The van der Waals surface area contributed by atoms with E-state index in [1.165, 1.54) is 0 Å². The molecule has 1 unspecified atom stereocenters. The summed E-state index contributed by atoms with van der Waals surface area (Å²) in [6.07, 6.45) is 1.04. The van der Waals surface area contributed by atoms with Crippen LogP contribution in [0.2, 0.25) is 0 Å². The number of nitrogens with zero attached hydrogens (tertiary/aromatic N) is 1. The third-order valence-corrected chi connectivity index (χ3v) is 4.22. The number of aromatic nitrogens is 2. The quantitative estimate of drug-likeness (QED) is 0.684. The smallest absolute Gasteiger partial charge is 0.255 e. The summed E-state index contributed by atoms with van der Waals surface area (Å²) >= 11 is 1.61. The van der Waals surface area contributed by atoms with E-state index in [0.29, 0.717) is 16.0 Å². The van der Waals surface area contributed by atoms with Crippen molar-refractivity contribution in [3.05, 3.63) is 46.2 Å². The predicted octanol–water partition coefficient (Wildman–Crippen LogP) is 3.64. The second-order valence-electron chi connectivity index (χ2n) is 4.55. The molecule has 1 aromatic carbocycles. The summed E-state index contributed by atoms with van der Waals surface area (Å²) in [4.78, 5) is 19.4. The lowest BCUT2D eigenvalue weighted by Crippen LogP contribution is -2.14. The van der Waals surface area contributed by atoms with Crippen molar-refractivity contribution in [2.45, 2.75) is 37.6 Å². The summed E-state index contributed by atoms with van der Waals surface area (Å²) in [6.45, 7) is 6.07. The number of hydrogen-bond donors (Lipinski definition) is 1. The first kappa shape index (κ1) is 13.9. The molecule has 0 amide bonds. The SMILES string of the molecule is CCC(C)Sc1nc(-c2ccccc2)c(C)c(=O)[nH]1. The Hall–Kier alpha value is -1.55. The van der Waals surface area contributed by atoms with Crippen molar-refractivity contribution < 1.29 is 0 Å². The van der Waals surface area contributed by atoms with Gasteiger partial charge in [-0.1, -0.05) is 55.9 Å². The molecule has 0 saturated carbocycles. The summed E-state index contributed by atoms with van der Waals surface area (Å²) in [6, 6.07) is 9.83.